The van der Waals surface area contributed by atoms with Crippen LogP contribution in [0.1, 0.15) is 13.8 Å². The average Bonchev–Trinajstić information content (AvgIpc) is 2.49. The van der Waals surface area contributed by atoms with Gasteiger partial charge in [0, 0.05) is 11.6 Å². The molecule has 0 bridgehead atoms. The Bertz CT molecular complexity index is 657. The zero-order valence-corrected chi connectivity index (χ0v) is 13.4. The highest BCUT2D eigenvalue weighted by atomic mass is 35.5. The van der Waals surface area contributed by atoms with E-state index in [4.69, 9.17) is 16.3 Å². The number of carbonyl (C=O) groups is 1. The zero-order valence-electron chi connectivity index (χ0n) is 12.7. The molecule has 0 aliphatic carbocycles. The maximum atomic E-state index is 11.6. The molecule has 0 radical (unpaired) electrons. The molecule has 0 fully saturated rings. The van der Waals surface area contributed by atoms with Crippen molar-refractivity contribution in [1.82, 2.24) is 4.98 Å². The van der Waals surface area contributed by atoms with Crippen molar-refractivity contribution in [3.8, 4) is 5.75 Å². The molecule has 22 heavy (non-hydrogen) atoms. The van der Waals surface area contributed by atoms with Crippen molar-refractivity contribution in [1.29, 1.82) is 0 Å². The number of rotatable bonds is 5. The van der Waals surface area contributed by atoms with Crippen molar-refractivity contribution in [3.05, 3.63) is 41.6 Å². The predicted octanol–water partition coefficient (Wildman–Crippen LogP) is 4.08. The lowest BCUT2D eigenvalue weighted by Gasteiger charge is -2.10. The number of nitrogens with one attached hydrogen (secondary N) is 2. The van der Waals surface area contributed by atoms with Gasteiger partial charge in [0.2, 0.25) is 5.91 Å². The van der Waals surface area contributed by atoms with Crippen LogP contribution in [0.2, 0.25) is 5.02 Å². The van der Waals surface area contributed by atoms with Gasteiger partial charge in [-0.2, -0.15) is 0 Å². The molecule has 1 heterocycles. The number of halogens is 1. The van der Waals surface area contributed by atoms with Gasteiger partial charge >= 0.3 is 0 Å². The van der Waals surface area contributed by atoms with Crippen molar-refractivity contribution in [2.24, 2.45) is 5.92 Å². The van der Waals surface area contributed by atoms with Gasteiger partial charge in [-0.3, -0.25) is 4.79 Å². The average molecular weight is 320 g/mol. The highest BCUT2D eigenvalue weighted by Gasteiger charge is 2.07. The molecule has 5 nitrogen and oxygen atoms in total. The third-order valence-corrected chi connectivity index (χ3v) is 3.27. The second kappa shape index (κ2) is 7.13. The smallest absolute Gasteiger partial charge is 0.226 e. The third kappa shape index (κ3) is 4.11. The number of nitrogens with zero attached hydrogens (tertiary/aromatic N) is 1. The van der Waals surface area contributed by atoms with Crippen LogP contribution in [0.15, 0.2) is 36.5 Å². The zero-order chi connectivity index (χ0) is 16.1. The van der Waals surface area contributed by atoms with Crippen molar-refractivity contribution in [2.75, 3.05) is 17.7 Å². The Hall–Kier alpha value is -2.27. The lowest BCUT2D eigenvalue weighted by atomic mass is 10.2. The van der Waals surface area contributed by atoms with E-state index >= 15 is 0 Å². The number of hydrogen-bond donors (Lipinski definition) is 2. The number of pyridine rings is 1. The van der Waals surface area contributed by atoms with Gasteiger partial charge in [0.25, 0.3) is 0 Å². The Morgan fingerprint density at radius 1 is 1.23 bits per heavy atom. The second-order valence-corrected chi connectivity index (χ2v) is 5.46. The molecule has 116 valence electrons. The first-order chi connectivity index (χ1) is 10.5. The molecule has 2 rings (SSSR count). The molecule has 1 amide bonds. The van der Waals surface area contributed by atoms with E-state index in [9.17, 15) is 4.79 Å². The van der Waals surface area contributed by atoms with Gasteiger partial charge in [0.15, 0.2) is 0 Å². The topological polar surface area (TPSA) is 63.2 Å². The largest absolute Gasteiger partial charge is 0.495 e. The Balaban J connectivity index is 2.05. The summed E-state index contributed by atoms with van der Waals surface area (Å²) in [7, 11) is 1.57. The summed E-state index contributed by atoms with van der Waals surface area (Å²) in [6.45, 7) is 3.68. The maximum absolute atomic E-state index is 11.6. The fraction of sp³-hybridized carbons (Fsp3) is 0.250. The molecule has 0 aliphatic rings. The minimum Gasteiger partial charge on any atom is -0.495 e. The first-order valence-corrected chi connectivity index (χ1v) is 7.25. The van der Waals surface area contributed by atoms with Gasteiger partial charge < -0.3 is 15.4 Å². The quantitative estimate of drug-likeness (QED) is 0.871. The van der Waals surface area contributed by atoms with Crippen LogP contribution in [-0.2, 0) is 4.79 Å². The van der Waals surface area contributed by atoms with Crippen molar-refractivity contribution in [3.63, 3.8) is 0 Å². The maximum Gasteiger partial charge on any atom is 0.226 e. The van der Waals surface area contributed by atoms with Crippen molar-refractivity contribution < 1.29 is 9.53 Å². The Kier molecular flexibility index (Phi) is 5.22. The van der Waals surface area contributed by atoms with Crippen LogP contribution < -0.4 is 15.4 Å². The van der Waals surface area contributed by atoms with Crippen molar-refractivity contribution >= 4 is 34.7 Å². The molecule has 1 aromatic heterocycles. The van der Waals surface area contributed by atoms with E-state index in [0.29, 0.717) is 22.3 Å². The lowest BCUT2D eigenvalue weighted by Crippen LogP contribution is -2.17. The molecule has 0 unspecified atom stereocenters. The van der Waals surface area contributed by atoms with Crippen LogP contribution in [-0.4, -0.2) is 18.0 Å². The summed E-state index contributed by atoms with van der Waals surface area (Å²) >= 11 is 6.07. The molecular formula is C16H18ClN3O2. The molecule has 1 aromatic carbocycles. The number of hydrogen-bond acceptors (Lipinski definition) is 4. The lowest BCUT2D eigenvalue weighted by molar-refractivity contribution is -0.118. The molecule has 0 spiro atoms. The monoisotopic (exact) mass is 319 g/mol. The summed E-state index contributed by atoms with van der Waals surface area (Å²) < 4.78 is 5.11. The second-order valence-electron chi connectivity index (χ2n) is 5.05. The van der Waals surface area contributed by atoms with E-state index in [-0.39, 0.29) is 11.8 Å². The van der Waals surface area contributed by atoms with Gasteiger partial charge in [-0.1, -0.05) is 25.4 Å². The van der Waals surface area contributed by atoms with E-state index in [1.807, 2.05) is 19.9 Å². The number of anilines is 3. The summed E-state index contributed by atoms with van der Waals surface area (Å²) in [5.74, 6) is 1.17. The molecule has 6 heteroatoms. The molecule has 0 atom stereocenters. The molecule has 2 aromatic rings. The normalized spacial score (nSPS) is 10.4. The standard InChI is InChI=1S/C16H18ClN3O2/c1-10(2)16(21)20-12-5-7-15(18-9-12)19-11-4-6-14(22-3)13(17)8-11/h4-10H,1-3H3,(H,18,19)(H,20,21). The van der Waals surface area contributed by atoms with Crippen molar-refractivity contribution in [2.45, 2.75) is 13.8 Å². The minimum absolute atomic E-state index is 0.0376. The summed E-state index contributed by atoms with van der Waals surface area (Å²) in [5, 5.41) is 6.45. The van der Waals surface area contributed by atoms with Crippen LogP contribution in [0, 0.1) is 5.92 Å². The number of amides is 1. The van der Waals surface area contributed by atoms with Crippen LogP contribution in [0.4, 0.5) is 17.2 Å². The number of methoxy groups -OCH3 is 1. The van der Waals surface area contributed by atoms with Gasteiger partial charge in [-0.15, -0.1) is 0 Å². The molecular weight excluding hydrogens is 302 g/mol. The molecule has 0 saturated carbocycles. The van der Waals surface area contributed by atoms with Gasteiger partial charge in [-0.05, 0) is 30.3 Å². The first-order valence-electron chi connectivity index (χ1n) is 6.87. The van der Waals surface area contributed by atoms with Gasteiger partial charge in [0.05, 0.1) is 24.0 Å². The van der Waals surface area contributed by atoms with E-state index in [0.717, 1.165) is 5.69 Å². The summed E-state index contributed by atoms with van der Waals surface area (Å²) in [4.78, 5) is 15.9. The van der Waals surface area contributed by atoms with Crippen LogP contribution >= 0.6 is 11.6 Å². The van der Waals surface area contributed by atoms with E-state index < -0.39 is 0 Å². The summed E-state index contributed by atoms with van der Waals surface area (Å²) in [5.41, 5.74) is 1.47. The van der Waals surface area contributed by atoms with Crippen LogP contribution in [0.5, 0.6) is 5.75 Å². The number of aromatic nitrogens is 1. The fourth-order valence-corrected chi connectivity index (χ4v) is 1.98. The Labute approximate surface area is 134 Å². The SMILES string of the molecule is COc1ccc(Nc2ccc(NC(=O)C(C)C)cn2)cc1Cl. The van der Waals surface area contributed by atoms with E-state index in [1.165, 1.54) is 0 Å². The highest BCUT2D eigenvalue weighted by Crippen LogP contribution is 2.28. The highest BCUT2D eigenvalue weighted by molar-refractivity contribution is 6.32. The fourth-order valence-electron chi connectivity index (χ4n) is 1.72. The molecule has 2 N–H and O–H groups in total. The summed E-state index contributed by atoms with van der Waals surface area (Å²) in [6.07, 6.45) is 1.60. The summed E-state index contributed by atoms with van der Waals surface area (Å²) in [6, 6.07) is 8.97. The minimum atomic E-state index is -0.0701. The third-order valence-electron chi connectivity index (χ3n) is 2.98. The van der Waals surface area contributed by atoms with Crippen LogP contribution in [0.3, 0.4) is 0 Å². The molecule has 0 aliphatic heterocycles. The first kappa shape index (κ1) is 16.1. The Morgan fingerprint density at radius 3 is 2.50 bits per heavy atom. The Morgan fingerprint density at radius 2 is 1.95 bits per heavy atom. The van der Waals surface area contributed by atoms with E-state index in [1.54, 1.807) is 37.6 Å². The van der Waals surface area contributed by atoms with Gasteiger partial charge in [0.1, 0.15) is 11.6 Å². The van der Waals surface area contributed by atoms with Gasteiger partial charge in [-0.25, -0.2) is 4.98 Å². The number of benzene rings is 1. The molecule has 0 saturated heterocycles. The number of ether oxygens (including phenoxy) is 1. The van der Waals surface area contributed by atoms with Crippen LogP contribution in [0.25, 0.3) is 0 Å². The van der Waals surface area contributed by atoms with E-state index in [2.05, 4.69) is 15.6 Å². The predicted molar refractivity (Wildman–Crippen MR) is 89.0 cm³/mol. The number of carbonyl (C=O) groups excluding carboxylic acids is 1.